The van der Waals surface area contributed by atoms with Crippen molar-refractivity contribution in [1.29, 1.82) is 0 Å². The number of aromatic nitrogens is 4. The van der Waals surface area contributed by atoms with Crippen LogP contribution in [0.1, 0.15) is 11.1 Å². The molecule has 0 aliphatic heterocycles. The van der Waals surface area contributed by atoms with E-state index in [1.54, 1.807) is 13.3 Å². The van der Waals surface area contributed by atoms with Crippen molar-refractivity contribution in [3.63, 3.8) is 0 Å². The number of hydrogen-bond acceptors (Lipinski definition) is 5. The van der Waals surface area contributed by atoms with Gasteiger partial charge in [0.25, 0.3) is 5.56 Å². The molecule has 0 amide bonds. The summed E-state index contributed by atoms with van der Waals surface area (Å²) in [5.41, 5.74) is 4.52. The minimum Gasteiger partial charge on any atom is -0.317 e. The second kappa shape index (κ2) is 5.56. The Balaban J connectivity index is 1.91. The maximum Gasteiger partial charge on any atom is 0.332 e. The van der Waals surface area contributed by atoms with Gasteiger partial charge in [-0.15, -0.1) is 0 Å². The maximum atomic E-state index is 12.1. The Kier molecular flexibility index (Phi) is 3.57. The zero-order valence-corrected chi connectivity index (χ0v) is 13.0. The van der Waals surface area contributed by atoms with E-state index in [0.717, 1.165) is 10.1 Å². The first kappa shape index (κ1) is 14.8. The largest absolute Gasteiger partial charge is 0.332 e. The zero-order chi connectivity index (χ0) is 16.6. The molecule has 0 aliphatic rings. The molecule has 2 aromatic heterocycles. The number of H-pyrrole nitrogens is 1. The zero-order valence-electron chi connectivity index (χ0n) is 13.0. The van der Waals surface area contributed by atoms with Gasteiger partial charge in [0.15, 0.2) is 11.2 Å². The minimum atomic E-state index is -0.427. The number of imidazole rings is 1. The highest BCUT2D eigenvalue weighted by Crippen LogP contribution is 2.08. The Morgan fingerprint density at radius 1 is 1.17 bits per heavy atom. The van der Waals surface area contributed by atoms with Gasteiger partial charge in [0, 0.05) is 14.1 Å². The molecule has 8 nitrogen and oxygen atoms in total. The van der Waals surface area contributed by atoms with Crippen molar-refractivity contribution in [2.75, 3.05) is 5.43 Å². The number of fused-ring (bicyclic) bond motifs is 1. The third kappa shape index (κ3) is 2.66. The molecular weight excluding hydrogens is 296 g/mol. The van der Waals surface area contributed by atoms with Crippen molar-refractivity contribution in [3.05, 3.63) is 56.2 Å². The van der Waals surface area contributed by atoms with Crippen molar-refractivity contribution in [2.45, 2.75) is 6.92 Å². The molecule has 0 spiro atoms. The number of aromatic amines is 1. The fourth-order valence-corrected chi connectivity index (χ4v) is 2.20. The highest BCUT2D eigenvalue weighted by molar-refractivity contribution is 5.80. The molecule has 0 saturated carbocycles. The van der Waals surface area contributed by atoms with Crippen LogP contribution in [-0.2, 0) is 14.1 Å². The van der Waals surface area contributed by atoms with Crippen LogP contribution in [0.3, 0.4) is 0 Å². The summed E-state index contributed by atoms with van der Waals surface area (Å²) in [6.07, 6.45) is 1.64. The van der Waals surface area contributed by atoms with Gasteiger partial charge >= 0.3 is 5.69 Å². The van der Waals surface area contributed by atoms with E-state index >= 15 is 0 Å². The number of aryl methyl sites for hydroxylation is 2. The summed E-state index contributed by atoms with van der Waals surface area (Å²) in [7, 11) is 2.98. The Morgan fingerprint density at radius 3 is 2.57 bits per heavy atom. The Labute approximate surface area is 131 Å². The topological polar surface area (TPSA) is 97.1 Å². The molecule has 0 bridgehead atoms. The van der Waals surface area contributed by atoms with Crippen LogP contribution in [0.25, 0.3) is 11.2 Å². The van der Waals surface area contributed by atoms with Crippen LogP contribution in [0.4, 0.5) is 5.95 Å². The van der Waals surface area contributed by atoms with Crippen LogP contribution in [-0.4, -0.2) is 25.3 Å². The molecular formula is C15H16N6O2. The van der Waals surface area contributed by atoms with Gasteiger partial charge in [-0.2, -0.15) is 10.1 Å². The van der Waals surface area contributed by atoms with E-state index < -0.39 is 11.2 Å². The lowest BCUT2D eigenvalue weighted by atomic mass is 10.2. The summed E-state index contributed by atoms with van der Waals surface area (Å²) < 4.78 is 2.34. The second-order valence-corrected chi connectivity index (χ2v) is 5.27. The number of benzene rings is 1. The van der Waals surface area contributed by atoms with Crippen molar-refractivity contribution < 1.29 is 0 Å². The monoisotopic (exact) mass is 312 g/mol. The molecule has 23 heavy (non-hydrogen) atoms. The SMILES string of the molecule is Cc1ccc(/C=N/Nc2nc3c([nH]2)c(=O)n(C)c(=O)n3C)cc1. The van der Waals surface area contributed by atoms with Crippen molar-refractivity contribution in [3.8, 4) is 0 Å². The first-order valence-corrected chi connectivity index (χ1v) is 6.99. The van der Waals surface area contributed by atoms with Crippen LogP contribution in [0, 0.1) is 6.92 Å². The molecule has 8 heteroatoms. The molecule has 3 aromatic rings. The van der Waals surface area contributed by atoms with Gasteiger partial charge in [-0.05, 0) is 12.5 Å². The molecule has 0 aliphatic carbocycles. The van der Waals surface area contributed by atoms with E-state index in [2.05, 4.69) is 20.5 Å². The molecule has 2 heterocycles. The first-order valence-electron chi connectivity index (χ1n) is 6.99. The van der Waals surface area contributed by atoms with E-state index in [9.17, 15) is 9.59 Å². The van der Waals surface area contributed by atoms with Gasteiger partial charge in [-0.3, -0.25) is 13.9 Å². The smallest absolute Gasteiger partial charge is 0.317 e. The molecule has 1 aromatic carbocycles. The lowest BCUT2D eigenvalue weighted by Gasteiger charge is -2.00. The molecule has 0 radical (unpaired) electrons. The summed E-state index contributed by atoms with van der Waals surface area (Å²) in [6.45, 7) is 2.01. The maximum absolute atomic E-state index is 12.1. The van der Waals surface area contributed by atoms with Crippen LogP contribution in [0.5, 0.6) is 0 Å². The van der Waals surface area contributed by atoms with Crippen LogP contribution >= 0.6 is 0 Å². The summed E-state index contributed by atoms with van der Waals surface area (Å²) >= 11 is 0. The summed E-state index contributed by atoms with van der Waals surface area (Å²) in [5, 5.41) is 4.08. The molecule has 118 valence electrons. The van der Waals surface area contributed by atoms with E-state index in [1.807, 2.05) is 31.2 Å². The Hall–Kier alpha value is -3.16. The van der Waals surface area contributed by atoms with E-state index in [4.69, 9.17) is 0 Å². The summed E-state index contributed by atoms with van der Waals surface area (Å²) in [5.74, 6) is 0.293. The lowest BCUT2D eigenvalue weighted by Crippen LogP contribution is -2.36. The van der Waals surface area contributed by atoms with Crippen LogP contribution in [0.2, 0.25) is 0 Å². The van der Waals surface area contributed by atoms with Gasteiger partial charge in [-0.1, -0.05) is 29.8 Å². The molecule has 0 saturated heterocycles. The summed E-state index contributed by atoms with van der Waals surface area (Å²) in [4.78, 5) is 30.9. The van der Waals surface area contributed by atoms with Gasteiger partial charge in [-0.25, -0.2) is 10.2 Å². The lowest BCUT2D eigenvalue weighted by molar-refractivity contribution is 0.709. The van der Waals surface area contributed by atoms with Crippen molar-refractivity contribution in [2.24, 2.45) is 19.2 Å². The quantitative estimate of drug-likeness (QED) is 0.550. The van der Waals surface area contributed by atoms with Crippen LogP contribution < -0.4 is 16.7 Å². The average molecular weight is 312 g/mol. The third-order valence-electron chi connectivity index (χ3n) is 3.56. The van der Waals surface area contributed by atoms with Gasteiger partial charge in [0.05, 0.1) is 6.21 Å². The predicted molar refractivity (Wildman–Crippen MR) is 89.0 cm³/mol. The van der Waals surface area contributed by atoms with Gasteiger partial charge in [0.1, 0.15) is 0 Å². The first-order chi connectivity index (χ1) is 11.0. The fraction of sp³-hybridized carbons (Fsp3) is 0.200. The number of anilines is 1. The van der Waals surface area contributed by atoms with Crippen molar-refractivity contribution >= 4 is 23.3 Å². The molecule has 0 atom stereocenters. The number of nitrogens with zero attached hydrogens (tertiary/aromatic N) is 4. The molecule has 0 unspecified atom stereocenters. The van der Waals surface area contributed by atoms with E-state index in [1.165, 1.54) is 17.2 Å². The Bertz CT molecular complexity index is 1010. The fourth-order valence-electron chi connectivity index (χ4n) is 2.20. The molecule has 0 fully saturated rings. The average Bonchev–Trinajstić information content (AvgIpc) is 2.97. The second-order valence-electron chi connectivity index (χ2n) is 5.27. The normalized spacial score (nSPS) is 11.4. The highest BCUT2D eigenvalue weighted by Gasteiger charge is 2.12. The third-order valence-corrected chi connectivity index (χ3v) is 3.56. The standard InChI is InChI=1S/C15H16N6O2/c1-9-4-6-10(7-5-9)8-16-19-14-17-11-12(18-14)20(2)15(23)21(3)13(11)22/h4-8H,1-3H3,(H2,17,18,19)/b16-8+. The number of rotatable bonds is 3. The predicted octanol–water partition coefficient (Wildman–Crippen LogP) is 0.715. The van der Waals surface area contributed by atoms with Crippen LogP contribution in [0.15, 0.2) is 39.0 Å². The number of hydrazone groups is 1. The minimum absolute atomic E-state index is 0.252. The number of hydrogen-bond donors (Lipinski definition) is 2. The summed E-state index contributed by atoms with van der Waals surface area (Å²) in [6, 6.07) is 7.86. The molecule has 3 rings (SSSR count). The number of nitrogens with one attached hydrogen (secondary N) is 2. The molecule has 2 N–H and O–H groups in total. The Morgan fingerprint density at radius 2 is 1.87 bits per heavy atom. The van der Waals surface area contributed by atoms with Crippen molar-refractivity contribution in [1.82, 2.24) is 19.1 Å². The highest BCUT2D eigenvalue weighted by atomic mass is 16.2. The van der Waals surface area contributed by atoms with Gasteiger partial charge in [0.2, 0.25) is 5.95 Å². The van der Waals surface area contributed by atoms with E-state index in [-0.39, 0.29) is 11.2 Å². The van der Waals surface area contributed by atoms with Gasteiger partial charge < -0.3 is 4.98 Å². The van der Waals surface area contributed by atoms with E-state index in [0.29, 0.717) is 5.95 Å².